The lowest BCUT2D eigenvalue weighted by Crippen LogP contribution is -2.08. The molecule has 0 aliphatic rings. The molecule has 1 heterocycles. The fraction of sp³-hybridized carbons (Fsp3) is 0. The van der Waals surface area contributed by atoms with Gasteiger partial charge in [-0.3, -0.25) is 4.79 Å². The predicted octanol–water partition coefficient (Wildman–Crippen LogP) is 4.09. The second-order valence-electron chi connectivity index (χ2n) is 3.41. The molecular weight excluding hydrogens is 340 g/mol. The van der Waals surface area contributed by atoms with E-state index >= 15 is 0 Å². The molecule has 0 bridgehead atoms. The number of carbonyl (C=O) groups excluding carboxylic acids is 1. The molecule has 0 radical (unpaired) electrons. The minimum atomic E-state index is -1.12. The van der Waals surface area contributed by atoms with Crippen LogP contribution in [-0.4, -0.2) is 16.9 Å². The zero-order valence-electron chi connectivity index (χ0n) is 8.81. The van der Waals surface area contributed by atoms with Gasteiger partial charge in [-0.2, -0.15) is 0 Å². The molecule has 0 amide bonds. The van der Waals surface area contributed by atoms with E-state index in [1.54, 1.807) is 12.1 Å². The van der Waals surface area contributed by atoms with E-state index in [9.17, 15) is 9.59 Å². The summed E-state index contributed by atoms with van der Waals surface area (Å²) in [5.41, 5.74) is 0.151. The first kappa shape index (κ1) is 13.3. The molecule has 92 valence electrons. The summed E-state index contributed by atoms with van der Waals surface area (Å²) in [6.45, 7) is 0. The van der Waals surface area contributed by atoms with Crippen LogP contribution >= 0.6 is 38.9 Å². The number of hydrogen-bond donors (Lipinski definition) is 1. The Kier molecular flexibility index (Phi) is 3.85. The summed E-state index contributed by atoms with van der Waals surface area (Å²) >= 11 is 10.3. The van der Waals surface area contributed by atoms with Gasteiger partial charge in [-0.25, -0.2) is 4.79 Å². The van der Waals surface area contributed by atoms with E-state index in [4.69, 9.17) is 16.7 Å². The molecular formula is C12H6BrClO3S. The molecule has 0 fully saturated rings. The van der Waals surface area contributed by atoms with Crippen molar-refractivity contribution in [1.29, 1.82) is 0 Å². The first-order chi connectivity index (χ1) is 8.50. The average molecular weight is 346 g/mol. The van der Waals surface area contributed by atoms with Gasteiger partial charge in [-0.05, 0) is 28.1 Å². The van der Waals surface area contributed by atoms with Crippen LogP contribution < -0.4 is 0 Å². The van der Waals surface area contributed by atoms with Crippen molar-refractivity contribution >= 4 is 50.6 Å². The standard InChI is InChI=1S/C12H6BrClO3S/c13-11-8(14)5-9(18-11)10(15)6-3-1-2-4-7(6)12(16)17/h1-5H,(H,16,17). The predicted molar refractivity (Wildman–Crippen MR) is 73.9 cm³/mol. The summed E-state index contributed by atoms with van der Waals surface area (Å²) in [5, 5.41) is 9.48. The Morgan fingerprint density at radius 3 is 2.33 bits per heavy atom. The number of benzene rings is 1. The maximum absolute atomic E-state index is 12.2. The number of hydrogen-bond acceptors (Lipinski definition) is 3. The lowest BCUT2D eigenvalue weighted by atomic mass is 10.0. The first-order valence-corrected chi connectivity index (χ1v) is 6.81. The smallest absolute Gasteiger partial charge is 0.336 e. The van der Waals surface area contributed by atoms with Crippen molar-refractivity contribution in [1.82, 2.24) is 0 Å². The van der Waals surface area contributed by atoms with Crippen LogP contribution in [0.5, 0.6) is 0 Å². The molecule has 0 saturated carbocycles. The molecule has 3 nitrogen and oxygen atoms in total. The quantitative estimate of drug-likeness (QED) is 0.852. The lowest BCUT2D eigenvalue weighted by Gasteiger charge is -2.02. The monoisotopic (exact) mass is 344 g/mol. The molecule has 0 spiro atoms. The van der Waals surface area contributed by atoms with E-state index in [0.29, 0.717) is 13.7 Å². The van der Waals surface area contributed by atoms with E-state index in [0.717, 1.165) is 0 Å². The Morgan fingerprint density at radius 2 is 1.83 bits per heavy atom. The highest BCUT2D eigenvalue weighted by molar-refractivity contribution is 9.11. The van der Waals surface area contributed by atoms with Gasteiger partial charge in [0.15, 0.2) is 0 Å². The second kappa shape index (κ2) is 5.22. The van der Waals surface area contributed by atoms with Crippen LogP contribution in [0.15, 0.2) is 34.1 Å². The number of carboxylic acid groups (broad SMARTS) is 1. The van der Waals surface area contributed by atoms with E-state index in [-0.39, 0.29) is 16.9 Å². The van der Waals surface area contributed by atoms with Crippen LogP contribution in [0.2, 0.25) is 5.02 Å². The van der Waals surface area contributed by atoms with Gasteiger partial charge in [0.2, 0.25) is 5.78 Å². The van der Waals surface area contributed by atoms with Crippen molar-refractivity contribution in [3.63, 3.8) is 0 Å². The van der Waals surface area contributed by atoms with Crippen molar-refractivity contribution < 1.29 is 14.7 Å². The van der Waals surface area contributed by atoms with Crippen LogP contribution in [0, 0.1) is 0 Å². The van der Waals surface area contributed by atoms with Gasteiger partial charge in [0.1, 0.15) is 0 Å². The highest BCUT2D eigenvalue weighted by atomic mass is 79.9. The Balaban J connectivity index is 2.49. The van der Waals surface area contributed by atoms with Crippen molar-refractivity contribution in [2.24, 2.45) is 0 Å². The zero-order chi connectivity index (χ0) is 13.3. The Hall–Kier alpha value is -1.17. The number of thiophene rings is 1. The van der Waals surface area contributed by atoms with Crippen LogP contribution in [0.4, 0.5) is 0 Å². The lowest BCUT2D eigenvalue weighted by molar-refractivity contribution is 0.0693. The number of aromatic carboxylic acids is 1. The number of carboxylic acids is 1. The van der Waals surface area contributed by atoms with Crippen LogP contribution in [-0.2, 0) is 0 Å². The highest BCUT2D eigenvalue weighted by Crippen LogP contribution is 2.33. The molecule has 2 rings (SSSR count). The summed E-state index contributed by atoms with van der Waals surface area (Å²) < 4.78 is 0.653. The van der Waals surface area contributed by atoms with Gasteiger partial charge in [-0.15, -0.1) is 11.3 Å². The van der Waals surface area contributed by atoms with E-state index in [2.05, 4.69) is 15.9 Å². The van der Waals surface area contributed by atoms with Gasteiger partial charge in [-0.1, -0.05) is 29.8 Å². The van der Waals surface area contributed by atoms with Crippen LogP contribution in [0.3, 0.4) is 0 Å². The molecule has 0 aliphatic heterocycles. The van der Waals surface area contributed by atoms with E-state index < -0.39 is 5.97 Å². The van der Waals surface area contributed by atoms with Gasteiger partial charge in [0.05, 0.1) is 19.2 Å². The Morgan fingerprint density at radius 1 is 1.22 bits per heavy atom. The summed E-state index contributed by atoms with van der Waals surface area (Å²) in [6, 6.07) is 7.63. The molecule has 0 aliphatic carbocycles. The average Bonchev–Trinajstić information content (AvgIpc) is 2.68. The van der Waals surface area contributed by atoms with Crippen LogP contribution in [0.25, 0.3) is 0 Å². The maximum atomic E-state index is 12.2. The molecule has 1 aromatic carbocycles. The molecule has 0 saturated heterocycles. The third-order valence-corrected chi connectivity index (χ3v) is 4.74. The molecule has 0 atom stereocenters. The fourth-order valence-corrected chi connectivity index (χ4v) is 3.11. The third-order valence-electron chi connectivity index (χ3n) is 2.27. The first-order valence-electron chi connectivity index (χ1n) is 4.82. The van der Waals surface area contributed by atoms with Gasteiger partial charge in [0, 0.05) is 5.56 Å². The van der Waals surface area contributed by atoms with E-state index in [1.807, 2.05) is 0 Å². The molecule has 18 heavy (non-hydrogen) atoms. The normalized spacial score (nSPS) is 10.3. The number of ketones is 1. The van der Waals surface area contributed by atoms with Crippen molar-refractivity contribution in [3.05, 3.63) is 55.1 Å². The number of halogens is 2. The summed E-state index contributed by atoms with van der Waals surface area (Å²) in [7, 11) is 0. The Labute approximate surface area is 120 Å². The van der Waals surface area contributed by atoms with Gasteiger partial charge in [0.25, 0.3) is 0 Å². The summed E-state index contributed by atoms with van der Waals surface area (Å²) in [5.74, 6) is -1.47. The van der Waals surface area contributed by atoms with E-state index in [1.165, 1.54) is 29.5 Å². The van der Waals surface area contributed by atoms with Crippen LogP contribution in [0.1, 0.15) is 25.6 Å². The molecule has 1 N–H and O–H groups in total. The highest BCUT2D eigenvalue weighted by Gasteiger charge is 2.19. The minimum absolute atomic E-state index is 0.0110. The maximum Gasteiger partial charge on any atom is 0.336 e. The van der Waals surface area contributed by atoms with Gasteiger partial charge >= 0.3 is 5.97 Å². The SMILES string of the molecule is O=C(O)c1ccccc1C(=O)c1cc(Cl)c(Br)s1. The second-order valence-corrected chi connectivity index (χ2v) is 6.19. The fourth-order valence-electron chi connectivity index (χ4n) is 1.46. The number of rotatable bonds is 3. The van der Waals surface area contributed by atoms with Crippen molar-refractivity contribution in [2.45, 2.75) is 0 Å². The largest absolute Gasteiger partial charge is 0.478 e. The molecule has 2 aromatic rings. The van der Waals surface area contributed by atoms with Gasteiger partial charge < -0.3 is 5.11 Å². The van der Waals surface area contributed by atoms with Crippen molar-refractivity contribution in [2.75, 3.05) is 0 Å². The molecule has 0 unspecified atom stereocenters. The number of carbonyl (C=O) groups is 2. The van der Waals surface area contributed by atoms with Crippen molar-refractivity contribution in [3.8, 4) is 0 Å². The third kappa shape index (κ3) is 2.48. The topological polar surface area (TPSA) is 54.4 Å². The summed E-state index contributed by atoms with van der Waals surface area (Å²) in [6.07, 6.45) is 0. The zero-order valence-corrected chi connectivity index (χ0v) is 12.0. The Bertz CT molecular complexity index is 617. The molecule has 1 aromatic heterocycles. The summed E-state index contributed by atoms with van der Waals surface area (Å²) in [4.78, 5) is 23.7. The molecule has 6 heteroatoms. The minimum Gasteiger partial charge on any atom is -0.478 e.